The minimum atomic E-state index is 0.298. The highest BCUT2D eigenvalue weighted by Gasteiger charge is 2.55. The number of nitrogens with one attached hydrogen (secondary N) is 3. The lowest BCUT2D eigenvalue weighted by Gasteiger charge is -2.61. The van der Waals surface area contributed by atoms with Crippen LogP contribution in [0, 0.1) is 34.5 Å². The molecule has 4 bridgehead atoms. The third-order valence-corrected chi connectivity index (χ3v) is 9.90. The predicted octanol–water partition coefficient (Wildman–Crippen LogP) is 5.08. The Morgan fingerprint density at radius 1 is 1.05 bits per heavy atom. The van der Waals surface area contributed by atoms with E-state index in [0.717, 1.165) is 42.7 Å². The van der Waals surface area contributed by atoms with Crippen LogP contribution >= 0.6 is 11.6 Å². The SMILES string of the molecule is N#Cc1cnc(NCc2ccccc2Cl)nc1NCC12CC3CC(C1)C(NC1CCC(N)CC1)[C@H](C3)C2. The Bertz CT molecular complexity index is 1140. The van der Waals surface area contributed by atoms with Crippen molar-refractivity contribution in [3.8, 4) is 6.07 Å². The summed E-state index contributed by atoms with van der Waals surface area (Å²) in [6.07, 6.45) is 12.9. The van der Waals surface area contributed by atoms with Gasteiger partial charge in [-0.25, -0.2) is 4.98 Å². The van der Waals surface area contributed by atoms with Crippen LogP contribution < -0.4 is 21.7 Å². The summed E-state index contributed by atoms with van der Waals surface area (Å²) in [5.41, 5.74) is 7.92. The molecule has 0 amide bonds. The first-order chi connectivity index (χ1) is 18.0. The first-order valence-corrected chi connectivity index (χ1v) is 14.4. The Balaban J connectivity index is 1.11. The Labute approximate surface area is 225 Å². The molecule has 1 heterocycles. The molecule has 0 aliphatic heterocycles. The number of hydrogen-bond acceptors (Lipinski definition) is 7. The summed E-state index contributed by atoms with van der Waals surface area (Å²) in [5.74, 6) is 3.49. The van der Waals surface area contributed by atoms with Crippen LogP contribution in [0.5, 0.6) is 0 Å². The van der Waals surface area contributed by atoms with Crippen molar-refractivity contribution in [2.45, 2.75) is 82.5 Å². The molecule has 7 rings (SSSR count). The normalized spacial score (nSPS) is 34.2. The van der Waals surface area contributed by atoms with Gasteiger partial charge in [0.05, 0.1) is 6.20 Å². The molecule has 7 nitrogen and oxygen atoms in total. The van der Waals surface area contributed by atoms with E-state index in [1.54, 1.807) is 6.20 Å². The molecule has 1 aromatic carbocycles. The second-order valence-corrected chi connectivity index (χ2v) is 12.5. The molecule has 0 saturated heterocycles. The van der Waals surface area contributed by atoms with E-state index in [1.165, 1.54) is 44.9 Å². The third-order valence-electron chi connectivity index (χ3n) is 9.53. The zero-order chi connectivity index (χ0) is 25.4. The molecular weight excluding hydrogens is 482 g/mol. The van der Waals surface area contributed by atoms with Gasteiger partial charge < -0.3 is 21.7 Å². The van der Waals surface area contributed by atoms with E-state index in [9.17, 15) is 5.26 Å². The number of nitrogens with two attached hydrogens (primary N) is 1. The number of aromatic nitrogens is 2. The Morgan fingerprint density at radius 2 is 1.81 bits per heavy atom. The van der Waals surface area contributed by atoms with Gasteiger partial charge in [0.15, 0.2) is 0 Å². The first-order valence-electron chi connectivity index (χ1n) is 14.0. The van der Waals surface area contributed by atoms with Gasteiger partial charge in [-0.3, -0.25) is 0 Å². The van der Waals surface area contributed by atoms with Crippen LogP contribution in [0.2, 0.25) is 5.02 Å². The van der Waals surface area contributed by atoms with Crippen molar-refractivity contribution in [1.82, 2.24) is 15.3 Å². The molecule has 5 aliphatic carbocycles. The lowest BCUT2D eigenvalue weighted by Crippen LogP contribution is -2.61. The second kappa shape index (κ2) is 10.4. The molecule has 0 radical (unpaired) electrons. The summed E-state index contributed by atoms with van der Waals surface area (Å²) in [6.45, 7) is 1.40. The lowest BCUT2D eigenvalue weighted by molar-refractivity contribution is -0.0729. The van der Waals surface area contributed by atoms with Crippen LogP contribution in [0.3, 0.4) is 0 Å². The minimum absolute atomic E-state index is 0.298. The average molecular weight is 520 g/mol. The van der Waals surface area contributed by atoms with Crippen molar-refractivity contribution in [2.24, 2.45) is 28.9 Å². The van der Waals surface area contributed by atoms with Crippen LogP contribution in [-0.4, -0.2) is 34.6 Å². The maximum atomic E-state index is 9.70. The smallest absolute Gasteiger partial charge is 0.224 e. The standard InChI is InChI=1S/C29H38ClN7/c30-25-4-2-1-3-19(25)15-33-28-34-16-22(14-31)27(37-28)35-17-29-11-18-9-20(12-29)26(21(10-18)13-29)36-24-7-5-23(32)6-8-24/h1-4,16,18,20-21,23-24,26,36H,5-13,15,17,32H2,(H2,33,34,35,37)/t18?,20-,21?,23?,24?,26?,29?/m1/s1. The number of nitrogens with zero attached hydrogens (tertiary/aromatic N) is 3. The van der Waals surface area contributed by atoms with Crippen LogP contribution in [0.1, 0.15) is 68.9 Å². The summed E-state index contributed by atoms with van der Waals surface area (Å²) >= 11 is 6.29. The maximum Gasteiger partial charge on any atom is 0.224 e. The molecule has 4 unspecified atom stereocenters. The maximum absolute atomic E-state index is 9.70. The van der Waals surface area contributed by atoms with Crippen molar-refractivity contribution in [3.05, 3.63) is 46.6 Å². The number of benzene rings is 1. The number of nitriles is 1. The molecule has 5 saturated carbocycles. The average Bonchev–Trinajstić information content (AvgIpc) is 2.90. The van der Waals surface area contributed by atoms with E-state index >= 15 is 0 Å². The van der Waals surface area contributed by atoms with Gasteiger partial charge >= 0.3 is 0 Å². The molecule has 5 N–H and O–H groups in total. The predicted molar refractivity (Wildman–Crippen MR) is 147 cm³/mol. The molecule has 2 aromatic rings. The number of halogens is 1. The van der Waals surface area contributed by atoms with Crippen molar-refractivity contribution < 1.29 is 0 Å². The second-order valence-electron chi connectivity index (χ2n) is 12.1. The largest absolute Gasteiger partial charge is 0.368 e. The molecular formula is C29H38ClN7. The molecule has 0 spiro atoms. The van der Waals surface area contributed by atoms with Crippen LogP contribution in [0.25, 0.3) is 0 Å². The van der Waals surface area contributed by atoms with E-state index in [4.69, 9.17) is 17.3 Å². The number of anilines is 2. The lowest BCUT2D eigenvalue weighted by atomic mass is 9.47. The molecule has 8 heteroatoms. The summed E-state index contributed by atoms with van der Waals surface area (Å²) < 4.78 is 0. The van der Waals surface area contributed by atoms with E-state index < -0.39 is 0 Å². The van der Waals surface area contributed by atoms with Crippen LogP contribution in [0.4, 0.5) is 11.8 Å². The fourth-order valence-electron chi connectivity index (χ4n) is 8.01. The van der Waals surface area contributed by atoms with Gasteiger partial charge in [-0.1, -0.05) is 29.8 Å². The van der Waals surface area contributed by atoms with Gasteiger partial charge in [0, 0.05) is 36.2 Å². The van der Waals surface area contributed by atoms with Gasteiger partial charge in [-0.15, -0.1) is 0 Å². The van der Waals surface area contributed by atoms with Crippen molar-refractivity contribution in [2.75, 3.05) is 17.2 Å². The van der Waals surface area contributed by atoms with E-state index in [2.05, 4.69) is 32.0 Å². The number of rotatable bonds is 8. The third kappa shape index (κ3) is 5.30. The Kier molecular flexibility index (Phi) is 7.00. The molecule has 5 atom stereocenters. The minimum Gasteiger partial charge on any atom is -0.368 e. The van der Waals surface area contributed by atoms with Crippen molar-refractivity contribution in [1.29, 1.82) is 5.26 Å². The fraction of sp³-hybridized carbons (Fsp3) is 0.621. The van der Waals surface area contributed by atoms with Gasteiger partial charge in [-0.05, 0) is 92.6 Å². The molecule has 196 valence electrons. The summed E-state index contributed by atoms with van der Waals surface area (Å²) in [6, 6.07) is 11.7. The monoisotopic (exact) mass is 519 g/mol. The Morgan fingerprint density at radius 3 is 2.54 bits per heavy atom. The summed E-state index contributed by atoms with van der Waals surface area (Å²) in [4.78, 5) is 9.04. The quantitative estimate of drug-likeness (QED) is 0.384. The zero-order valence-corrected chi connectivity index (χ0v) is 22.2. The highest BCUT2D eigenvalue weighted by molar-refractivity contribution is 6.31. The highest BCUT2D eigenvalue weighted by atomic mass is 35.5. The van der Waals surface area contributed by atoms with E-state index in [-0.39, 0.29) is 0 Å². The molecule has 5 aliphatic rings. The Hall–Kier alpha value is -2.40. The molecule has 37 heavy (non-hydrogen) atoms. The topological polar surface area (TPSA) is 112 Å². The molecule has 1 aromatic heterocycles. The van der Waals surface area contributed by atoms with Gasteiger partial charge in [0.25, 0.3) is 0 Å². The van der Waals surface area contributed by atoms with Gasteiger partial charge in [0.1, 0.15) is 17.5 Å². The summed E-state index contributed by atoms with van der Waals surface area (Å²) in [7, 11) is 0. The first kappa shape index (κ1) is 24.9. The summed E-state index contributed by atoms with van der Waals surface area (Å²) in [5, 5.41) is 21.4. The van der Waals surface area contributed by atoms with Crippen molar-refractivity contribution >= 4 is 23.4 Å². The van der Waals surface area contributed by atoms with Crippen molar-refractivity contribution in [3.63, 3.8) is 0 Å². The van der Waals surface area contributed by atoms with Gasteiger partial charge in [-0.2, -0.15) is 10.2 Å². The van der Waals surface area contributed by atoms with Crippen LogP contribution in [0.15, 0.2) is 30.5 Å². The van der Waals surface area contributed by atoms with E-state index in [1.807, 2.05) is 24.3 Å². The molecule has 5 fully saturated rings. The highest BCUT2D eigenvalue weighted by Crippen LogP contribution is 2.60. The number of hydrogen-bond donors (Lipinski definition) is 4. The fourth-order valence-corrected chi connectivity index (χ4v) is 8.21. The van der Waals surface area contributed by atoms with E-state index in [0.29, 0.717) is 52.4 Å². The van der Waals surface area contributed by atoms with Crippen LogP contribution in [-0.2, 0) is 6.54 Å². The zero-order valence-electron chi connectivity index (χ0n) is 21.4. The van der Waals surface area contributed by atoms with Gasteiger partial charge in [0.2, 0.25) is 5.95 Å².